The molecule has 0 fully saturated rings. The van der Waals surface area contributed by atoms with Gasteiger partial charge in [-0.1, -0.05) is 82.8 Å². The van der Waals surface area contributed by atoms with Crippen LogP contribution in [0.15, 0.2) is 60.2 Å². The molecule has 20 heavy (non-hydrogen) atoms. The monoisotopic (exact) mass is 296 g/mol. The zero-order valence-electron chi connectivity index (χ0n) is 13.0. The summed E-state index contributed by atoms with van der Waals surface area (Å²) in [4.78, 5) is 0. The Morgan fingerprint density at radius 1 is 1.25 bits per heavy atom. The molecular weight excluding hydrogens is 271 g/mol. The maximum Gasteiger partial charge on any atom is 0.126 e. The van der Waals surface area contributed by atoms with E-state index in [1.807, 2.05) is 39.8 Å². The van der Waals surface area contributed by atoms with Crippen molar-refractivity contribution in [2.75, 3.05) is 0 Å². The molecule has 0 aliphatic carbocycles. The van der Waals surface area contributed by atoms with Gasteiger partial charge in [0.2, 0.25) is 0 Å². The fourth-order valence-electron chi connectivity index (χ4n) is 1.33. The van der Waals surface area contributed by atoms with Gasteiger partial charge in [-0.05, 0) is 30.0 Å². The van der Waals surface area contributed by atoms with Gasteiger partial charge in [-0.3, -0.25) is 0 Å². The highest BCUT2D eigenvalue weighted by molar-refractivity contribution is 6.31. The average molecular weight is 297 g/mol. The standard InChI is InChI=1S/C8H11Cl.C8H9F.C2H6/c1-4-6-8(5-2)7(3)9;1-2-7-5-3-4-6-8(7)9;1-2/h4,6H,1,3,5H2,2H3;3-6H,2H2,1H3;1-2H3/b8-6-;;. The van der Waals surface area contributed by atoms with Crippen molar-refractivity contribution in [3.8, 4) is 0 Å². The lowest BCUT2D eigenvalue weighted by atomic mass is 10.2. The van der Waals surface area contributed by atoms with Crippen molar-refractivity contribution in [3.63, 3.8) is 0 Å². The van der Waals surface area contributed by atoms with Crippen molar-refractivity contribution in [2.45, 2.75) is 40.5 Å². The fraction of sp³-hybridized carbons (Fsp3) is 0.333. The van der Waals surface area contributed by atoms with Crippen LogP contribution in [-0.2, 0) is 6.42 Å². The van der Waals surface area contributed by atoms with E-state index in [1.165, 1.54) is 6.07 Å². The van der Waals surface area contributed by atoms with Crippen LogP contribution in [0.4, 0.5) is 4.39 Å². The van der Waals surface area contributed by atoms with E-state index in [9.17, 15) is 4.39 Å². The molecule has 0 saturated heterocycles. The second kappa shape index (κ2) is 14.1. The maximum atomic E-state index is 12.6. The molecule has 1 rings (SSSR count). The second-order valence-corrected chi connectivity index (χ2v) is 4.09. The Labute approximate surface area is 128 Å². The van der Waals surface area contributed by atoms with Crippen LogP contribution in [0.5, 0.6) is 0 Å². The first kappa shape index (κ1) is 21.0. The van der Waals surface area contributed by atoms with Crippen LogP contribution in [0.2, 0.25) is 0 Å². The Kier molecular flexibility index (Phi) is 14.8. The lowest BCUT2D eigenvalue weighted by molar-refractivity contribution is 0.612. The molecule has 0 aliphatic heterocycles. The normalized spacial score (nSPS) is 9.60. The molecule has 0 aliphatic rings. The number of rotatable bonds is 4. The largest absolute Gasteiger partial charge is 0.207 e. The summed E-state index contributed by atoms with van der Waals surface area (Å²) in [6.07, 6.45) is 5.27. The zero-order chi connectivity index (χ0) is 16.0. The molecule has 0 atom stereocenters. The molecule has 0 heterocycles. The Bertz CT molecular complexity index is 419. The molecule has 0 amide bonds. The van der Waals surface area contributed by atoms with E-state index in [0.29, 0.717) is 5.03 Å². The van der Waals surface area contributed by atoms with E-state index in [-0.39, 0.29) is 5.82 Å². The Morgan fingerprint density at radius 3 is 2.05 bits per heavy atom. The number of halogens is 2. The molecule has 0 aromatic heterocycles. The van der Waals surface area contributed by atoms with E-state index in [4.69, 9.17) is 11.6 Å². The first-order valence-corrected chi connectivity index (χ1v) is 7.34. The second-order valence-electron chi connectivity index (χ2n) is 3.63. The summed E-state index contributed by atoms with van der Waals surface area (Å²) in [5.74, 6) is -0.0972. The third-order valence-electron chi connectivity index (χ3n) is 2.39. The molecule has 0 unspecified atom stereocenters. The quantitative estimate of drug-likeness (QED) is 0.544. The summed E-state index contributed by atoms with van der Waals surface area (Å²) in [5.41, 5.74) is 1.84. The molecule has 112 valence electrons. The SMILES string of the molecule is C=C/C=C(/CC)C(=C)Cl.CC.CCc1ccccc1F. The van der Waals surface area contributed by atoms with E-state index >= 15 is 0 Å². The van der Waals surface area contributed by atoms with Gasteiger partial charge in [-0.15, -0.1) is 0 Å². The van der Waals surface area contributed by atoms with Gasteiger partial charge in [0.15, 0.2) is 0 Å². The predicted molar refractivity (Wildman–Crippen MR) is 90.7 cm³/mol. The minimum atomic E-state index is -0.0972. The van der Waals surface area contributed by atoms with Crippen LogP contribution in [0.1, 0.15) is 39.7 Å². The van der Waals surface area contributed by atoms with Gasteiger partial charge in [0.25, 0.3) is 0 Å². The van der Waals surface area contributed by atoms with Crippen molar-refractivity contribution >= 4 is 11.6 Å². The van der Waals surface area contributed by atoms with Crippen molar-refractivity contribution in [1.29, 1.82) is 0 Å². The van der Waals surface area contributed by atoms with Crippen LogP contribution < -0.4 is 0 Å². The zero-order valence-corrected chi connectivity index (χ0v) is 13.8. The smallest absolute Gasteiger partial charge is 0.126 e. The first-order chi connectivity index (χ1) is 9.56. The van der Waals surface area contributed by atoms with Gasteiger partial charge in [0.05, 0.1) is 0 Å². The molecule has 0 saturated carbocycles. The van der Waals surface area contributed by atoms with Crippen molar-refractivity contribution in [3.05, 3.63) is 71.6 Å². The molecular formula is C18H26ClF. The topological polar surface area (TPSA) is 0 Å². The maximum absolute atomic E-state index is 12.6. The van der Waals surface area contributed by atoms with E-state index in [2.05, 4.69) is 13.2 Å². The van der Waals surface area contributed by atoms with Crippen molar-refractivity contribution < 1.29 is 4.39 Å². The number of hydrogen-bond donors (Lipinski definition) is 0. The first-order valence-electron chi connectivity index (χ1n) is 6.96. The summed E-state index contributed by atoms with van der Waals surface area (Å²) < 4.78 is 12.6. The Hall–Kier alpha value is -1.34. The molecule has 2 heteroatoms. The molecule has 1 aromatic rings. The van der Waals surface area contributed by atoms with E-state index in [1.54, 1.807) is 18.2 Å². The highest BCUT2D eigenvalue weighted by Gasteiger charge is 1.94. The number of allylic oxidation sites excluding steroid dienone is 4. The van der Waals surface area contributed by atoms with Crippen LogP contribution >= 0.6 is 11.6 Å². The summed E-state index contributed by atoms with van der Waals surface area (Å²) in [7, 11) is 0. The summed E-state index contributed by atoms with van der Waals surface area (Å²) >= 11 is 5.61. The van der Waals surface area contributed by atoms with Gasteiger partial charge in [0, 0.05) is 5.03 Å². The highest BCUT2D eigenvalue weighted by atomic mass is 35.5. The average Bonchev–Trinajstić information content (AvgIpc) is 2.47. The van der Waals surface area contributed by atoms with Crippen LogP contribution in [0, 0.1) is 5.82 Å². The third-order valence-corrected chi connectivity index (χ3v) is 2.63. The van der Waals surface area contributed by atoms with Gasteiger partial charge < -0.3 is 0 Å². The molecule has 0 nitrogen and oxygen atoms in total. The lowest BCUT2D eigenvalue weighted by Gasteiger charge is -1.96. The molecule has 1 aromatic carbocycles. The lowest BCUT2D eigenvalue weighted by Crippen LogP contribution is -1.83. The molecule has 0 radical (unpaired) electrons. The summed E-state index contributed by atoms with van der Waals surface area (Å²) in [6, 6.07) is 6.84. The minimum Gasteiger partial charge on any atom is -0.207 e. The van der Waals surface area contributed by atoms with Crippen LogP contribution in [0.3, 0.4) is 0 Å². The van der Waals surface area contributed by atoms with Crippen molar-refractivity contribution in [1.82, 2.24) is 0 Å². The minimum absolute atomic E-state index is 0.0972. The van der Waals surface area contributed by atoms with E-state index < -0.39 is 0 Å². The van der Waals surface area contributed by atoms with Gasteiger partial charge in [-0.25, -0.2) is 4.39 Å². The third kappa shape index (κ3) is 9.57. The van der Waals surface area contributed by atoms with Gasteiger partial charge in [-0.2, -0.15) is 0 Å². The highest BCUT2D eigenvalue weighted by Crippen LogP contribution is 2.14. The Morgan fingerprint density at radius 2 is 1.80 bits per heavy atom. The summed E-state index contributed by atoms with van der Waals surface area (Å²) in [6.45, 7) is 15.1. The number of hydrogen-bond acceptors (Lipinski definition) is 0. The van der Waals surface area contributed by atoms with E-state index in [0.717, 1.165) is 24.0 Å². The van der Waals surface area contributed by atoms with Crippen molar-refractivity contribution in [2.24, 2.45) is 0 Å². The van der Waals surface area contributed by atoms with Gasteiger partial charge >= 0.3 is 0 Å². The Balaban J connectivity index is 0. The fourth-order valence-corrected chi connectivity index (χ4v) is 1.52. The molecule has 0 N–H and O–H groups in total. The number of benzene rings is 1. The van der Waals surface area contributed by atoms with Crippen LogP contribution in [0.25, 0.3) is 0 Å². The number of aryl methyl sites for hydroxylation is 1. The molecule has 0 spiro atoms. The predicted octanol–water partition coefficient (Wildman–Crippen LogP) is 6.68. The van der Waals surface area contributed by atoms with Crippen LogP contribution in [-0.4, -0.2) is 0 Å². The molecule has 0 bridgehead atoms. The van der Waals surface area contributed by atoms with Gasteiger partial charge in [0.1, 0.15) is 5.82 Å². The summed E-state index contributed by atoms with van der Waals surface area (Å²) in [5, 5.41) is 0.609.